The molecule has 2 aromatic heterocycles. The number of para-hydroxylation sites is 1. The van der Waals surface area contributed by atoms with Crippen LogP contribution in [0.5, 0.6) is 0 Å². The Morgan fingerprint density at radius 1 is 1.15 bits per heavy atom. The Bertz CT molecular complexity index is 1050. The van der Waals surface area contributed by atoms with Crippen molar-refractivity contribution in [1.82, 2.24) is 14.8 Å². The Balaban J connectivity index is 1.45. The molecule has 4 rings (SSSR count). The van der Waals surface area contributed by atoms with Crippen molar-refractivity contribution in [2.24, 2.45) is 0 Å². The summed E-state index contributed by atoms with van der Waals surface area (Å²) in [6, 6.07) is 16.0. The summed E-state index contributed by atoms with van der Waals surface area (Å²) in [5.74, 6) is -0.0904. The molecule has 0 atom stereocenters. The van der Waals surface area contributed by atoms with Gasteiger partial charge in [0.2, 0.25) is 5.91 Å². The molecule has 6 heteroatoms. The number of hydrogen-bond donors (Lipinski definition) is 1. The predicted molar refractivity (Wildman–Crippen MR) is 105 cm³/mol. The average Bonchev–Trinajstić information content (AvgIpc) is 3.28. The van der Waals surface area contributed by atoms with E-state index in [9.17, 15) is 4.79 Å². The Labute approximate surface area is 155 Å². The maximum atomic E-state index is 12.3. The number of amides is 1. The van der Waals surface area contributed by atoms with Crippen molar-refractivity contribution in [3.05, 3.63) is 72.1 Å². The van der Waals surface area contributed by atoms with E-state index in [1.165, 1.54) is 16.9 Å². The smallest absolute Gasteiger partial charge is 0.230 e. The van der Waals surface area contributed by atoms with Crippen molar-refractivity contribution in [2.45, 2.75) is 19.8 Å². The zero-order valence-electron chi connectivity index (χ0n) is 14.3. The van der Waals surface area contributed by atoms with Gasteiger partial charge < -0.3 is 5.32 Å². The second kappa shape index (κ2) is 7.09. The van der Waals surface area contributed by atoms with E-state index in [2.05, 4.69) is 34.5 Å². The summed E-state index contributed by atoms with van der Waals surface area (Å²) in [5.41, 5.74) is 4.02. The molecule has 0 radical (unpaired) electrons. The van der Waals surface area contributed by atoms with Gasteiger partial charge in [-0.2, -0.15) is 5.10 Å². The van der Waals surface area contributed by atoms with Crippen LogP contribution in [0.25, 0.3) is 15.9 Å². The third kappa shape index (κ3) is 3.50. The number of aromatic nitrogens is 3. The molecule has 0 fully saturated rings. The summed E-state index contributed by atoms with van der Waals surface area (Å²) in [5, 5.41) is 7.85. The SMILES string of the molecule is CCc1ccc2nc(NC(=O)Cc3cnn(-c4ccccc4)c3)sc2c1. The van der Waals surface area contributed by atoms with E-state index in [1.54, 1.807) is 10.9 Å². The van der Waals surface area contributed by atoms with E-state index in [0.717, 1.165) is 27.9 Å². The number of benzene rings is 2. The standard InChI is InChI=1S/C20H18N4OS/c1-2-14-8-9-17-18(10-14)26-20(22-17)23-19(25)11-15-12-21-24(13-15)16-6-4-3-5-7-16/h3-10,12-13H,2,11H2,1H3,(H,22,23,25). The Kier molecular flexibility index (Phi) is 4.50. The summed E-state index contributed by atoms with van der Waals surface area (Å²) in [7, 11) is 0. The number of rotatable bonds is 5. The Morgan fingerprint density at radius 2 is 2.00 bits per heavy atom. The quantitative estimate of drug-likeness (QED) is 0.578. The van der Waals surface area contributed by atoms with Crippen LogP contribution in [-0.2, 0) is 17.6 Å². The number of fused-ring (bicyclic) bond motifs is 1. The number of carbonyl (C=O) groups is 1. The van der Waals surface area contributed by atoms with E-state index in [1.807, 2.05) is 42.6 Å². The molecular formula is C20H18N4OS. The van der Waals surface area contributed by atoms with Gasteiger partial charge in [0.05, 0.1) is 28.5 Å². The minimum absolute atomic E-state index is 0.0904. The van der Waals surface area contributed by atoms with Gasteiger partial charge in [-0.25, -0.2) is 9.67 Å². The first-order valence-electron chi connectivity index (χ1n) is 8.49. The molecule has 1 N–H and O–H groups in total. The van der Waals surface area contributed by atoms with Crippen molar-refractivity contribution in [2.75, 3.05) is 5.32 Å². The molecule has 4 aromatic rings. The molecule has 0 spiro atoms. The fraction of sp³-hybridized carbons (Fsp3) is 0.150. The fourth-order valence-electron chi connectivity index (χ4n) is 2.76. The van der Waals surface area contributed by atoms with Crippen LogP contribution in [0.15, 0.2) is 60.9 Å². The average molecular weight is 362 g/mol. The second-order valence-corrected chi connectivity index (χ2v) is 7.06. The highest BCUT2D eigenvalue weighted by atomic mass is 32.1. The summed E-state index contributed by atoms with van der Waals surface area (Å²) in [6.45, 7) is 2.13. The van der Waals surface area contributed by atoms with Gasteiger partial charge in [0.15, 0.2) is 5.13 Å². The third-order valence-corrected chi connectivity index (χ3v) is 5.06. The molecule has 0 aliphatic carbocycles. The van der Waals surface area contributed by atoms with Crippen molar-refractivity contribution in [3.8, 4) is 5.69 Å². The summed E-state index contributed by atoms with van der Waals surface area (Å²) in [4.78, 5) is 16.8. The number of nitrogens with one attached hydrogen (secondary N) is 1. The molecule has 0 saturated carbocycles. The number of nitrogens with zero attached hydrogens (tertiary/aromatic N) is 3. The highest BCUT2D eigenvalue weighted by molar-refractivity contribution is 7.22. The molecule has 26 heavy (non-hydrogen) atoms. The van der Waals surface area contributed by atoms with Gasteiger partial charge in [-0.05, 0) is 41.8 Å². The van der Waals surface area contributed by atoms with Gasteiger partial charge in [0.25, 0.3) is 0 Å². The van der Waals surface area contributed by atoms with Crippen LogP contribution in [0, 0.1) is 0 Å². The van der Waals surface area contributed by atoms with Crippen LogP contribution >= 0.6 is 11.3 Å². The molecule has 0 unspecified atom stereocenters. The molecule has 0 aliphatic heterocycles. The molecule has 2 heterocycles. The number of thiazole rings is 1. The van der Waals surface area contributed by atoms with Crippen molar-refractivity contribution < 1.29 is 4.79 Å². The molecule has 1 amide bonds. The summed E-state index contributed by atoms with van der Waals surface area (Å²) >= 11 is 1.50. The lowest BCUT2D eigenvalue weighted by Gasteiger charge is -2.00. The normalized spacial score (nSPS) is 11.0. The van der Waals surface area contributed by atoms with Crippen LogP contribution in [-0.4, -0.2) is 20.7 Å². The van der Waals surface area contributed by atoms with E-state index in [4.69, 9.17) is 0 Å². The Morgan fingerprint density at radius 3 is 2.81 bits per heavy atom. The van der Waals surface area contributed by atoms with Gasteiger partial charge in [-0.1, -0.05) is 42.5 Å². The van der Waals surface area contributed by atoms with Gasteiger partial charge in [0, 0.05) is 6.20 Å². The molecular weight excluding hydrogens is 344 g/mol. The Hall–Kier alpha value is -2.99. The van der Waals surface area contributed by atoms with Crippen molar-refractivity contribution in [3.63, 3.8) is 0 Å². The first-order chi connectivity index (χ1) is 12.7. The molecule has 0 aliphatic rings. The first-order valence-corrected chi connectivity index (χ1v) is 9.31. The van der Waals surface area contributed by atoms with E-state index in [-0.39, 0.29) is 12.3 Å². The lowest BCUT2D eigenvalue weighted by atomic mass is 10.2. The summed E-state index contributed by atoms with van der Waals surface area (Å²) < 4.78 is 2.86. The molecule has 0 saturated heterocycles. The van der Waals surface area contributed by atoms with Crippen LogP contribution in [0.4, 0.5) is 5.13 Å². The lowest BCUT2D eigenvalue weighted by Crippen LogP contribution is -2.13. The van der Waals surface area contributed by atoms with Gasteiger partial charge in [-0.3, -0.25) is 4.79 Å². The molecule has 130 valence electrons. The maximum absolute atomic E-state index is 12.3. The van der Waals surface area contributed by atoms with Crippen LogP contribution in [0.2, 0.25) is 0 Å². The molecule has 0 bridgehead atoms. The van der Waals surface area contributed by atoms with E-state index in [0.29, 0.717) is 5.13 Å². The highest BCUT2D eigenvalue weighted by Gasteiger charge is 2.10. The molecule has 2 aromatic carbocycles. The number of hydrogen-bond acceptors (Lipinski definition) is 4. The zero-order chi connectivity index (χ0) is 17.9. The maximum Gasteiger partial charge on any atom is 0.230 e. The number of aryl methyl sites for hydroxylation is 1. The van der Waals surface area contributed by atoms with Crippen LogP contribution in [0.3, 0.4) is 0 Å². The zero-order valence-corrected chi connectivity index (χ0v) is 15.2. The van der Waals surface area contributed by atoms with Crippen LogP contribution < -0.4 is 5.32 Å². The highest BCUT2D eigenvalue weighted by Crippen LogP contribution is 2.27. The van der Waals surface area contributed by atoms with Gasteiger partial charge in [0.1, 0.15) is 0 Å². The summed E-state index contributed by atoms with van der Waals surface area (Å²) in [6.07, 6.45) is 4.85. The van der Waals surface area contributed by atoms with Gasteiger partial charge >= 0.3 is 0 Å². The third-order valence-electron chi connectivity index (χ3n) is 4.13. The van der Waals surface area contributed by atoms with Crippen molar-refractivity contribution in [1.29, 1.82) is 0 Å². The number of anilines is 1. The monoisotopic (exact) mass is 362 g/mol. The van der Waals surface area contributed by atoms with Gasteiger partial charge in [-0.15, -0.1) is 0 Å². The fourth-order valence-corrected chi connectivity index (χ4v) is 3.71. The first kappa shape index (κ1) is 16.5. The minimum Gasteiger partial charge on any atom is -0.302 e. The lowest BCUT2D eigenvalue weighted by molar-refractivity contribution is -0.115. The van der Waals surface area contributed by atoms with Crippen LogP contribution in [0.1, 0.15) is 18.1 Å². The molecule has 5 nitrogen and oxygen atoms in total. The number of carbonyl (C=O) groups excluding carboxylic acids is 1. The van der Waals surface area contributed by atoms with E-state index >= 15 is 0 Å². The van der Waals surface area contributed by atoms with E-state index < -0.39 is 0 Å². The second-order valence-electron chi connectivity index (χ2n) is 6.03. The predicted octanol–water partition coefficient (Wildman–Crippen LogP) is 4.23. The topological polar surface area (TPSA) is 59.8 Å². The largest absolute Gasteiger partial charge is 0.302 e. The minimum atomic E-state index is -0.0904. The van der Waals surface area contributed by atoms with Crippen molar-refractivity contribution >= 4 is 32.6 Å².